The Labute approximate surface area is 183 Å². The molecule has 0 radical (unpaired) electrons. The third-order valence-corrected chi connectivity index (χ3v) is 5.42. The molecule has 0 atom stereocenters. The van der Waals surface area contributed by atoms with Crippen LogP contribution in [0.2, 0.25) is 0 Å². The Hall–Kier alpha value is -3.06. The molecular formula is C24H30N2O5. The first-order valence-electron chi connectivity index (χ1n) is 10.5. The fourth-order valence-electron chi connectivity index (χ4n) is 3.56. The average molecular weight is 427 g/mol. The second-order valence-electron chi connectivity index (χ2n) is 7.38. The fourth-order valence-corrected chi connectivity index (χ4v) is 3.56. The second kappa shape index (κ2) is 11.4. The number of hydrogen-bond acceptors (Lipinski definition) is 6. The zero-order chi connectivity index (χ0) is 22.1. The number of piperazine rings is 1. The number of nitrogens with zero attached hydrogens (tertiary/aromatic N) is 2. The van der Waals surface area contributed by atoms with E-state index in [4.69, 9.17) is 14.2 Å². The van der Waals surface area contributed by atoms with Crippen molar-refractivity contribution in [3.63, 3.8) is 0 Å². The number of para-hydroxylation sites is 1. The van der Waals surface area contributed by atoms with E-state index in [2.05, 4.69) is 4.90 Å². The number of hydrogen-bond donors (Lipinski definition) is 0. The van der Waals surface area contributed by atoms with E-state index >= 15 is 0 Å². The molecule has 1 amide bonds. The molecule has 0 bridgehead atoms. The van der Waals surface area contributed by atoms with Gasteiger partial charge in [0.2, 0.25) is 5.91 Å². The molecule has 31 heavy (non-hydrogen) atoms. The summed E-state index contributed by atoms with van der Waals surface area (Å²) in [5, 5.41) is 0. The highest BCUT2D eigenvalue weighted by Crippen LogP contribution is 2.28. The first kappa shape index (κ1) is 22.6. The van der Waals surface area contributed by atoms with Gasteiger partial charge in [0, 0.05) is 51.1 Å². The Kier molecular flexibility index (Phi) is 8.29. The molecule has 2 aromatic rings. The van der Waals surface area contributed by atoms with Crippen LogP contribution in [0.15, 0.2) is 48.5 Å². The van der Waals surface area contributed by atoms with Crippen LogP contribution >= 0.6 is 0 Å². The largest absolute Gasteiger partial charge is 0.493 e. The van der Waals surface area contributed by atoms with Crippen molar-refractivity contribution < 1.29 is 23.8 Å². The lowest BCUT2D eigenvalue weighted by Gasteiger charge is -2.34. The minimum absolute atomic E-state index is 0.0222. The average Bonchev–Trinajstić information content (AvgIpc) is 2.83. The molecule has 0 aromatic heterocycles. The van der Waals surface area contributed by atoms with E-state index in [0.717, 1.165) is 25.4 Å². The molecule has 7 heteroatoms. The number of carbonyl (C=O) groups is 2. The molecule has 0 unspecified atom stereocenters. The van der Waals surface area contributed by atoms with E-state index < -0.39 is 0 Å². The van der Waals surface area contributed by atoms with Gasteiger partial charge in [-0.3, -0.25) is 14.5 Å². The third-order valence-electron chi connectivity index (χ3n) is 5.42. The quantitative estimate of drug-likeness (QED) is 0.544. The molecule has 1 fully saturated rings. The normalized spacial score (nSPS) is 14.2. The standard InChI is InChI=1S/C24H30N2O5/c1-29-22-10-8-19(18-23(22)30-2)21(27)9-11-24(28)26-14-12-25(13-15-26)16-17-31-20-6-4-3-5-7-20/h3-8,10,18H,9,11-17H2,1-2H3. The van der Waals surface area contributed by atoms with Gasteiger partial charge in [0.15, 0.2) is 17.3 Å². The molecule has 1 saturated heterocycles. The molecule has 2 aromatic carbocycles. The van der Waals surface area contributed by atoms with E-state index in [-0.39, 0.29) is 24.5 Å². The highest BCUT2D eigenvalue weighted by Gasteiger charge is 2.22. The monoisotopic (exact) mass is 426 g/mol. The van der Waals surface area contributed by atoms with Gasteiger partial charge < -0.3 is 19.1 Å². The van der Waals surface area contributed by atoms with Crippen LogP contribution in [0.5, 0.6) is 17.2 Å². The van der Waals surface area contributed by atoms with Crippen LogP contribution < -0.4 is 14.2 Å². The van der Waals surface area contributed by atoms with Gasteiger partial charge in [-0.25, -0.2) is 0 Å². The Morgan fingerprint density at radius 1 is 0.871 bits per heavy atom. The van der Waals surface area contributed by atoms with Crippen molar-refractivity contribution in [2.24, 2.45) is 0 Å². The van der Waals surface area contributed by atoms with Gasteiger partial charge in [0.1, 0.15) is 12.4 Å². The minimum Gasteiger partial charge on any atom is -0.493 e. The van der Waals surface area contributed by atoms with Crippen molar-refractivity contribution in [2.75, 3.05) is 53.6 Å². The summed E-state index contributed by atoms with van der Waals surface area (Å²) in [5.41, 5.74) is 0.522. The molecule has 0 aliphatic carbocycles. The summed E-state index contributed by atoms with van der Waals surface area (Å²) < 4.78 is 16.2. The van der Waals surface area contributed by atoms with Crippen molar-refractivity contribution in [3.05, 3.63) is 54.1 Å². The van der Waals surface area contributed by atoms with Crippen molar-refractivity contribution in [2.45, 2.75) is 12.8 Å². The Bertz CT molecular complexity index is 864. The van der Waals surface area contributed by atoms with Crippen LogP contribution in [0, 0.1) is 0 Å². The zero-order valence-corrected chi connectivity index (χ0v) is 18.2. The van der Waals surface area contributed by atoms with E-state index in [9.17, 15) is 9.59 Å². The number of Topliss-reactive ketones (excluding diaryl/α,β-unsaturated/α-hetero) is 1. The lowest BCUT2D eigenvalue weighted by Crippen LogP contribution is -2.49. The van der Waals surface area contributed by atoms with Crippen LogP contribution in [-0.2, 0) is 4.79 Å². The van der Waals surface area contributed by atoms with Crippen LogP contribution in [0.4, 0.5) is 0 Å². The van der Waals surface area contributed by atoms with E-state index in [0.29, 0.717) is 36.8 Å². The Balaban J connectivity index is 1.38. The lowest BCUT2D eigenvalue weighted by molar-refractivity contribution is -0.132. The van der Waals surface area contributed by atoms with Gasteiger partial charge in [-0.2, -0.15) is 0 Å². The highest BCUT2D eigenvalue weighted by molar-refractivity contribution is 5.98. The molecule has 0 saturated carbocycles. The highest BCUT2D eigenvalue weighted by atomic mass is 16.5. The van der Waals surface area contributed by atoms with Gasteiger partial charge in [-0.15, -0.1) is 0 Å². The number of benzene rings is 2. The second-order valence-corrected chi connectivity index (χ2v) is 7.38. The van der Waals surface area contributed by atoms with Gasteiger partial charge >= 0.3 is 0 Å². The summed E-state index contributed by atoms with van der Waals surface area (Å²) in [6.07, 6.45) is 0.393. The van der Waals surface area contributed by atoms with Gasteiger partial charge in [0.05, 0.1) is 14.2 Å². The molecule has 1 heterocycles. The van der Waals surface area contributed by atoms with Crippen LogP contribution in [-0.4, -0.2) is 75.0 Å². The summed E-state index contributed by atoms with van der Waals surface area (Å²) in [6, 6.07) is 14.8. The summed E-state index contributed by atoms with van der Waals surface area (Å²) in [6.45, 7) is 4.43. The van der Waals surface area contributed by atoms with Crippen LogP contribution in [0.1, 0.15) is 23.2 Å². The first-order chi connectivity index (χ1) is 15.1. The van der Waals surface area contributed by atoms with Crippen molar-refractivity contribution in [3.8, 4) is 17.2 Å². The number of amides is 1. The predicted octanol–water partition coefficient (Wildman–Crippen LogP) is 2.89. The summed E-state index contributed by atoms with van der Waals surface area (Å²) in [5.74, 6) is 1.89. The molecule has 0 N–H and O–H groups in total. The maximum Gasteiger partial charge on any atom is 0.223 e. The van der Waals surface area contributed by atoms with Gasteiger partial charge in [-0.1, -0.05) is 18.2 Å². The SMILES string of the molecule is COc1ccc(C(=O)CCC(=O)N2CCN(CCOc3ccccc3)CC2)cc1OC. The number of ketones is 1. The molecule has 1 aliphatic heterocycles. The van der Waals surface area contributed by atoms with Crippen molar-refractivity contribution in [1.82, 2.24) is 9.80 Å². The van der Waals surface area contributed by atoms with E-state index in [1.54, 1.807) is 25.3 Å². The summed E-state index contributed by atoms with van der Waals surface area (Å²) in [7, 11) is 3.08. The zero-order valence-electron chi connectivity index (χ0n) is 18.2. The van der Waals surface area contributed by atoms with Gasteiger partial charge in [-0.05, 0) is 30.3 Å². The number of methoxy groups -OCH3 is 2. The van der Waals surface area contributed by atoms with Crippen LogP contribution in [0.3, 0.4) is 0 Å². The van der Waals surface area contributed by atoms with Crippen molar-refractivity contribution >= 4 is 11.7 Å². The minimum atomic E-state index is -0.0778. The molecule has 1 aliphatic rings. The molecule has 166 valence electrons. The topological polar surface area (TPSA) is 68.3 Å². The van der Waals surface area contributed by atoms with Crippen molar-refractivity contribution in [1.29, 1.82) is 0 Å². The maximum atomic E-state index is 12.5. The number of rotatable bonds is 10. The summed E-state index contributed by atoms with van der Waals surface area (Å²) >= 11 is 0. The molecule has 3 rings (SSSR count). The number of carbonyl (C=O) groups excluding carboxylic acids is 2. The Morgan fingerprint density at radius 2 is 1.58 bits per heavy atom. The van der Waals surface area contributed by atoms with E-state index in [1.165, 1.54) is 7.11 Å². The number of ether oxygens (including phenoxy) is 3. The molecular weight excluding hydrogens is 396 g/mol. The third kappa shape index (κ3) is 6.46. The fraction of sp³-hybridized carbons (Fsp3) is 0.417. The van der Waals surface area contributed by atoms with Gasteiger partial charge in [0.25, 0.3) is 0 Å². The maximum absolute atomic E-state index is 12.5. The molecule has 7 nitrogen and oxygen atoms in total. The smallest absolute Gasteiger partial charge is 0.223 e. The Morgan fingerprint density at radius 3 is 2.26 bits per heavy atom. The predicted molar refractivity (Wildman–Crippen MR) is 118 cm³/mol. The molecule has 0 spiro atoms. The summed E-state index contributed by atoms with van der Waals surface area (Å²) in [4.78, 5) is 29.2. The lowest BCUT2D eigenvalue weighted by atomic mass is 10.1. The van der Waals surface area contributed by atoms with E-state index in [1.807, 2.05) is 35.2 Å². The first-order valence-corrected chi connectivity index (χ1v) is 10.5. The van der Waals surface area contributed by atoms with Crippen LogP contribution in [0.25, 0.3) is 0 Å².